The van der Waals surface area contributed by atoms with Gasteiger partial charge in [0.2, 0.25) is 0 Å². The van der Waals surface area contributed by atoms with Crippen LogP contribution >= 0.6 is 11.3 Å². The fraction of sp³-hybridized carbons (Fsp3) is 0.412. The molecular weight excluding hydrogens is 250 g/mol. The molecule has 2 heteroatoms. The first-order valence-electron chi connectivity index (χ1n) is 7.10. The molecule has 0 saturated carbocycles. The standard InChI is InChI=1S/C17H23NS/c1-3-10-18-17(12-15-9-11-19-13-15)14(2)16-7-5-4-6-8-16/h4-9,11,13-14,17-18H,3,10,12H2,1-2H3. The van der Waals surface area contributed by atoms with Gasteiger partial charge >= 0.3 is 0 Å². The molecule has 2 aromatic rings. The van der Waals surface area contributed by atoms with Crippen molar-refractivity contribution in [3.05, 3.63) is 58.3 Å². The lowest BCUT2D eigenvalue weighted by molar-refractivity contribution is 0.447. The van der Waals surface area contributed by atoms with Crippen LogP contribution in [0.15, 0.2) is 47.2 Å². The van der Waals surface area contributed by atoms with Crippen LogP contribution < -0.4 is 5.32 Å². The van der Waals surface area contributed by atoms with Gasteiger partial charge in [-0.15, -0.1) is 0 Å². The maximum atomic E-state index is 3.71. The van der Waals surface area contributed by atoms with E-state index in [-0.39, 0.29) is 0 Å². The van der Waals surface area contributed by atoms with Crippen LogP contribution in [0.3, 0.4) is 0 Å². The largest absolute Gasteiger partial charge is 0.313 e. The minimum atomic E-state index is 0.511. The zero-order chi connectivity index (χ0) is 13.5. The van der Waals surface area contributed by atoms with Crippen molar-refractivity contribution in [2.24, 2.45) is 0 Å². The van der Waals surface area contributed by atoms with Gasteiger partial charge in [0, 0.05) is 6.04 Å². The maximum Gasteiger partial charge on any atom is 0.0174 e. The van der Waals surface area contributed by atoms with E-state index >= 15 is 0 Å². The Morgan fingerprint density at radius 2 is 1.95 bits per heavy atom. The third-order valence-corrected chi connectivity index (χ3v) is 4.35. The average molecular weight is 273 g/mol. The zero-order valence-electron chi connectivity index (χ0n) is 11.8. The summed E-state index contributed by atoms with van der Waals surface area (Å²) in [5.74, 6) is 0.535. The third kappa shape index (κ3) is 4.19. The van der Waals surface area contributed by atoms with E-state index < -0.39 is 0 Å². The quantitative estimate of drug-likeness (QED) is 0.785. The molecule has 0 radical (unpaired) electrons. The van der Waals surface area contributed by atoms with E-state index in [1.54, 1.807) is 11.3 Å². The molecule has 1 aromatic carbocycles. The topological polar surface area (TPSA) is 12.0 Å². The Kier molecular flexibility index (Phi) is 5.62. The number of benzene rings is 1. The molecule has 19 heavy (non-hydrogen) atoms. The summed E-state index contributed by atoms with van der Waals surface area (Å²) in [5, 5.41) is 8.14. The van der Waals surface area contributed by atoms with Gasteiger partial charge in [-0.3, -0.25) is 0 Å². The average Bonchev–Trinajstić information content (AvgIpc) is 2.96. The highest BCUT2D eigenvalue weighted by molar-refractivity contribution is 7.07. The summed E-state index contributed by atoms with van der Waals surface area (Å²) in [6.07, 6.45) is 2.29. The Hall–Kier alpha value is -1.12. The SMILES string of the molecule is CCCNC(Cc1ccsc1)C(C)c1ccccc1. The molecule has 2 atom stereocenters. The number of hydrogen-bond acceptors (Lipinski definition) is 2. The van der Waals surface area contributed by atoms with Crippen molar-refractivity contribution in [3.8, 4) is 0 Å². The Bertz CT molecular complexity index is 449. The first-order valence-corrected chi connectivity index (χ1v) is 8.05. The second-order valence-electron chi connectivity index (χ2n) is 5.10. The summed E-state index contributed by atoms with van der Waals surface area (Å²) >= 11 is 1.79. The van der Waals surface area contributed by atoms with E-state index in [9.17, 15) is 0 Å². The third-order valence-electron chi connectivity index (χ3n) is 3.62. The number of thiophene rings is 1. The molecule has 102 valence electrons. The van der Waals surface area contributed by atoms with Crippen LogP contribution in [-0.4, -0.2) is 12.6 Å². The van der Waals surface area contributed by atoms with Crippen molar-refractivity contribution >= 4 is 11.3 Å². The van der Waals surface area contributed by atoms with E-state index in [4.69, 9.17) is 0 Å². The van der Waals surface area contributed by atoms with Gasteiger partial charge in [-0.1, -0.05) is 44.2 Å². The smallest absolute Gasteiger partial charge is 0.0174 e. The van der Waals surface area contributed by atoms with E-state index in [0.29, 0.717) is 12.0 Å². The van der Waals surface area contributed by atoms with Crippen molar-refractivity contribution in [3.63, 3.8) is 0 Å². The molecule has 0 saturated heterocycles. The first kappa shape index (κ1) is 14.3. The van der Waals surface area contributed by atoms with Crippen LogP contribution in [0, 0.1) is 0 Å². The second-order valence-corrected chi connectivity index (χ2v) is 5.88. The molecule has 2 rings (SSSR count). The summed E-state index contributed by atoms with van der Waals surface area (Å²) in [6.45, 7) is 5.64. The molecule has 0 aliphatic heterocycles. The monoisotopic (exact) mass is 273 g/mol. The van der Waals surface area contributed by atoms with Crippen LogP contribution in [-0.2, 0) is 6.42 Å². The molecule has 0 aliphatic rings. The second kappa shape index (κ2) is 7.46. The first-order chi connectivity index (χ1) is 9.31. The minimum Gasteiger partial charge on any atom is -0.313 e. The van der Waals surface area contributed by atoms with Crippen LogP contribution in [0.5, 0.6) is 0 Å². The minimum absolute atomic E-state index is 0.511. The molecule has 0 aliphatic carbocycles. The van der Waals surface area contributed by atoms with Gasteiger partial charge in [-0.25, -0.2) is 0 Å². The molecule has 1 aromatic heterocycles. The summed E-state index contributed by atoms with van der Waals surface area (Å²) in [7, 11) is 0. The highest BCUT2D eigenvalue weighted by Gasteiger charge is 2.18. The van der Waals surface area contributed by atoms with Crippen LogP contribution in [0.1, 0.15) is 37.3 Å². The van der Waals surface area contributed by atoms with Crippen molar-refractivity contribution in [1.29, 1.82) is 0 Å². The summed E-state index contributed by atoms with van der Waals surface area (Å²) in [4.78, 5) is 0. The highest BCUT2D eigenvalue weighted by atomic mass is 32.1. The van der Waals surface area contributed by atoms with Crippen LogP contribution in [0.2, 0.25) is 0 Å². The van der Waals surface area contributed by atoms with Gasteiger partial charge in [0.1, 0.15) is 0 Å². The summed E-state index contributed by atoms with van der Waals surface area (Å²) < 4.78 is 0. The molecule has 0 bridgehead atoms. The molecule has 1 heterocycles. The van der Waals surface area contributed by atoms with Crippen molar-refractivity contribution in [1.82, 2.24) is 5.32 Å². The number of rotatable bonds is 7. The Balaban J connectivity index is 2.08. The lowest BCUT2D eigenvalue weighted by Gasteiger charge is -2.25. The predicted molar refractivity (Wildman–Crippen MR) is 85.0 cm³/mol. The number of hydrogen-bond donors (Lipinski definition) is 1. The molecule has 0 amide bonds. The molecular formula is C17H23NS. The zero-order valence-corrected chi connectivity index (χ0v) is 12.6. The van der Waals surface area contributed by atoms with Crippen molar-refractivity contribution in [2.75, 3.05) is 6.54 Å². The Morgan fingerprint density at radius 3 is 2.58 bits per heavy atom. The fourth-order valence-electron chi connectivity index (χ4n) is 2.41. The Labute approximate surface area is 120 Å². The van der Waals surface area contributed by atoms with Crippen LogP contribution in [0.4, 0.5) is 0 Å². The van der Waals surface area contributed by atoms with Crippen molar-refractivity contribution < 1.29 is 0 Å². The lowest BCUT2D eigenvalue weighted by Crippen LogP contribution is -2.36. The molecule has 1 nitrogen and oxygen atoms in total. The van der Waals surface area contributed by atoms with Gasteiger partial charge in [0.15, 0.2) is 0 Å². The van der Waals surface area contributed by atoms with Gasteiger partial charge in [-0.2, -0.15) is 11.3 Å². The number of nitrogens with one attached hydrogen (secondary N) is 1. The van der Waals surface area contributed by atoms with E-state index in [1.165, 1.54) is 17.5 Å². The van der Waals surface area contributed by atoms with Gasteiger partial charge in [0.25, 0.3) is 0 Å². The Morgan fingerprint density at radius 1 is 1.16 bits per heavy atom. The highest BCUT2D eigenvalue weighted by Crippen LogP contribution is 2.22. The van der Waals surface area contributed by atoms with Gasteiger partial charge in [-0.05, 0) is 53.3 Å². The summed E-state index contributed by atoms with van der Waals surface area (Å²) in [5.41, 5.74) is 2.87. The predicted octanol–water partition coefficient (Wildman–Crippen LogP) is 4.46. The van der Waals surface area contributed by atoms with Crippen LogP contribution in [0.25, 0.3) is 0 Å². The molecule has 1 N–H and O–H groups in total. The van der Waals surface area contributed by atoms with Gasteiger partial charge in [0.05, 0.1) is 0 Å². The van der Waals surface area contributed by atoms with Gasteiger partial charge < -0.3 is 5.32 Å². The fourth-order valence-corrected chi connectivity index (χ4v) is 3.09. The molecule has 2 unspecified atom stereocenters. The molecule has 0 fully saturated rings. The molecule has 0 spiro atoms. The van der Waals surface area contributed by atoms with E-state index in [2.05, 4.69) is 66.3 Å². The normalized spacial score (nSPS) is 14.2. The van der Waals surface area contributed by atoms with E-state index in [1.807, 2.05) is 0 Å². The maximum absolute atomic E-state index is 3.71. The lowest BCUT2D eigenvalue weighted by atomic mass is 9.89. The van der Waals surface area contributed by atoms with Crippen molar-refractivity contribution in [2.45, 2.75) is 38.6 Å². The van der Waals surface area contributed by atoms with E-state index in [0.717, 1.165) is 13.0 Å². The summed E-state index contributed by atoms with van der Waals surface area (Å²) in [6, 6.07) is 13.6.